The van der Waals surface area contributed by atoms with E-state index in [9.17, 15) is 20.0 Å². The van der Waals surface area contributed by atoms with Gasteiger partial charge in [0.05, 0.1) is 11.0 Å². The van der Waals surface area contributed by atoms with E-state index < -0.39 is 11.0 Å². The smallest absolute Gasteiger partial charge is 0.269 e. The summed E-state index contributed by atoms with van der Waals surface area (Å²) in [4.78, 5) is 26.4. The first-order chi connectivity index (χ1) is 14.0. The summed E-state index contributed by atoms with van der Waals surface area (Å²) in [7, 11) is 0. The molecule has 2 aromatic carbocycles. The molecule has 0 saturated carbocycles. The lowest BCUT2D eigenvalue weighted by Gasteiger charge is -2.12. The third-order valence-electron chi connectivity index (χ3n) is 4.19. The molecule has 0 fully saturated rings. The summed E-state index contributed by atoms with van der Waals surface area (Å²) in [5, 5.41) is 23.5. The fraction of sp³-hybridized carbons (Fsp3) is 0.143. The lowest BCUT2D eigenvalue weighted by molar-refractivity contribution is -0.384. The molecule has 0 radical (unpaired) electrons. The predicted molar refractivity (Wildman–Crippen MR) is 105 cm³/mol. The van der Waals surface area contributed by atoms with Crippen LogP contribution in [0.3, 0.4) is 0 Å². The Bertz CT molecular complexity index is 960. The average Bonchev–Trinajstić information content (AvgIpc) is 2.77. The Morgan fingerprint density at radius 1 is 1.14 bits per heavy atom. The molecule has 0 spiro atoms. The van der Waals surface area contributed by atoms with Crippen molar-refractivity contribution < 1.29 is 19.6 Å². The summed E-state index contributed by atoms with van der Waals surface area (Å²) in [6.07, 6.45) is 2.44. The van der Waals surface area contributed by atoms with Crippen molar-refractivity contribution in [1.29, 1.82) is 0 Å². The maximum atomic E-state index is 12.3. The molecule has 0 aliphatic heterocycles. The molecule has 2 N–H and O–H groups in total. The van der Waals surface area contributed by atoms with Crippen LogP contribution in [0, 0.1) is 10.1 Å². The number of non-ortho nitro benzene ring substituents is 1. The summed E-state index contributed by atoms with van der Waals surface area (Å²) >= 11 is 0. The van der Waals surface area contributed by atoms with Crippen LogP contribution in [-0.4, -0.2) is 27.5 Å². The molecule has 1 unspecified atom stereocenters. The van der Waals surface area contributed by atoms with Gasteiger partial charge in [-0.2, -0.15) is 0 Å². The van der Waals surface area contributed by atoms with E-state index in [1.54, 1.807) is 36.7 Å². The van der Waals surface area contributed by atoms with Crippen LogP contribution in [0.5, 0.6) is 5.75 Å². The number of amides is 1. The van der Waals surface area contributed by atoms with Gasteiger partial charge in [-0.15, -0.1) is 0 Å². The molecule has 0 aliphatic carbocycles. The number of benzene rings is 2. The molecule has 0 saturated heterocycles. The van der Waals surface area contributed by atoms with E-state index in [2.05, 4.69) is 10.3 Å². The Labute approximate surface area is 166 Å². The molecule has 0 aliphatic rings. The highest BCUT2D eigenvalue weighted by Gasteiger charge is 2.13. The third-order valence-corrected chi connectivity index (χ3v) is 4.19. The van der Waals surface area contributed by atoms with Gasteiger partial charge in [0.25, 0.3) is 11.6 Å². The van der Waals surface area contributed by atoms with Gasteiger partial charge in [-0.3, -0.25) is 19.9 Å². The number of nitrogens with zero attached hydrogens (tertiary/aromatic N) is 2. The SMILES string of the molecule is O=C(NCC(O)c1ccc([N+](=O)[O-])cc1)c1ccc(OCc2cccnc2)cc1. The molecular weight excluding hydrogens is 374 g/mol. The van der Waals surface area contributed by atoms with Crippen LogP contribution in [0.15, 0.2) is 73.1 Å². The maximum absolute atomic E-state index is 12.3. The first-order valence-electron chi connectivity index (χ1n) is 8.85. The lowest BCUT2D eigenvalue weighted by Crippen LogP contribution is -2.28. The number of hydrogen-bond acceptors (Lipinski definition) is 6. The molecule has 1 heterocycles. The van der Waals surface area contributed by atoms with Gasteiger partial charge in [0.1, 0.15) is 12.4 Å². The topological polar surface area (TPSA) is 115 Å². The molecule has 1 atom stereocenters. The second-order valence-corrected chi connectivity index (χ2v) is 6.25. The summed E-state index contributed by atoms with van der Waals surface area (Å²) in [6.45, 7) is 0.358. The van der Waals surface area contributed by atoms with Gasteiger partial charge < -0.3 is 15.2 Å². The van der Waals surface area contributed by atoms with Crippen molar-refractivity contribution >= 4 is 11.6 Å². The number of carbonyl (C=O) groups excluding carboxylic acids is 1. The number of aromatic nitrogens is 1. The van der Waals surface area contributed by atoms with Gasteiger partial charge >= 0.3 is 0 Å². The number of carbonyl (C=O) groups is 1. The standard InChI is InChI=1S/C21H19N3O5/c25-20(16-3-7-18(8-4-16)24(27)28)13-23-21(26)17-5-9-19(10-6-17)29-14-15-2-1-11-22-12-15/h1-12,20,25H,13-14H2,(H,23,26). The number of nitro groups is 1. The lowest BCUT2D eigenvalue weighted by atomic mass is 10.1. The Morgan fingerprint density at radius 3 is 2.48 bits per heavy atom. The minimum atomic E-state index is -0.971. The maximum Gasteiger partial charge on any atom is 0.269 e. The Hall–Kier alpha value is -3.78. The summed E-state index contributed by atoms with van der Waals surface area (Å²) in [5.74, 6) is 0.279. The zero-order chi connectivity index (χ0) is 20.6. The van der Waals surface area contributed by atoms with E-state index in [4.69, 9.17) is 4.74 Å². The van der Waals surface area contributed by atoms with Crippen molar-refractivity contribution in [3.63, 3.8) is 0 Å². The number of rotatable bonds is 8. The summed E-state index contributed by atoms with van der Waals surface area (Å²) in [6, 6.07) is 15.9. The number of aliphatic hydroxyl groups excluding tert-OH is 1. The van der Waals surface area contributed by atoms with E-state index >= 15 is 0 Å². The fourth-order valence-corrected chi connectivity index (χ4v) is 2.58. The number of nitrogens with one attached hydrogen (secondary N) is 1. The van der Waals surface area contributed by atoms with E-state index in [-0.39, 0.29) is 18.1 Å². The van der Waals surface area contributed by atoms with Crippen molar-refractivity contribution in [3.05, 3.63) is 99.9 Å². The summed E-state index contributed by atoms with van der Waals surface area (Å²) in [5.41, 5.74) is 1.79. The number of nitro benzene ring substituents is 1. The van der Waals surface area contributed by atoms with E-state index in [1.165, 1.54) is 24.3 Å². The van der Waals surface area contributed by atoms with Crippen molar-refractivity contribution in [2.75, 3.05) is 6.54 Å². The van der Waals surface area contributed by atoms with Crippen molar-refractivity contribution in [3.8, 4) is 5.75 Å². The number of pyridine rings is 1. The first-order valence-corrected chi connectivity index (χ1v) is 8.85. The number of aliphatic hydroxyl groups is 1. The number of ether oxygens (including phenoxy) is 1. The molecule has 3 rings (SSSR count). The van der Waals surface area contributed by atoms with Crippen molar-refractivity contribution in [2.45, 2.75) is 12.7 Å². The molecule has 0 bridgehead atoms. The zero-order valence-corrected chi connectivity index (χ0v) is 15.4. The van der Waals surface area contributed by atoms with Crippen LogP contribution in [0.25, 0.3) is 0 Å². The quantitative estimate of drug-likeness (QED) is 0.449. The largest absolute Gasteiger partial charge is 0.489 e. The van der Waals surface area contributed by atoms with E-state index in [0.29, 0.717) is 23.5 Å². The first kappa shape index (κ1) is 20.0. The predicted octanol–water partition coefficient (Wildman–Crippen LogP) is 3.03. The summed E-state index contributed by atoms with van der Waals surface area (Å²) < 4.78 is 5.65. The molecule has 8 nitrogen and oxygen atoms in total. The van der Waals surface area contributed by atoms with Crippen LogP contribution in [-0.2, 0) is 6.61 Å². The Kier molecular flexibility index (Phi) is 6.49. The van der Waals surface area contributed by atoms with Crippen molar-refractivity contribution in [2.24, 2.45) is 0 Å². The van der Waals surface area contributed by atoms with Crippen LogP contribution >= 0.6 is 0 Å². The minimum Gasteiger partial charge on any atom is -0.489 e. The average molecular weight is 393 g/mol. The van der Waals surface area contributed by atoms with Crippen LogP contribution in [0.1, 0.15) is 27.6 Å². The van der Waals surface area contributed by atoms with Gasteiger partial charge in [0.2, 0.25) is 0 Å². The monoisotopic (exact) mass is 393 g/mol. The highest BCUT2D eigenvalue weighted by atomic mass is 16.6. The van der Waals surface area contributed by atoms with Gasteiger partial charge in [-0.25, -0.2) is 0 Å². The van der Waals surface area contributed by atoms with Gasteiger partial charge in [-0.05, 0) is 48.0 Å². The van der Waals surface area contributed by atoms with Crippen LogP contribution in [0.2, 0.25) is 0 Å². The second kappa shape index (κ2) is 9.43. The molecule has 3 aromatic rings. The molecule has 148 valence electrons. The Morgan fingerprint density at radius 2 is 1.86 bits per heavy atom. The highest BCUT2D eigenvalue weighted by Crippen LogP contribution is 2.18. The molecule has 1 aromatic heterocycles. The third kappa shape index (κ3) is 5.60. The second-order valence-electron chi connectivity index (χ2n) is 6.25. The highest BCUT2D eigenvalue weighted by molar-refractivity contribution is 5.94. The van der Waals surface area contributed by atoms with Gasteiger partial charge in [-0.1, -0.05) is 6.07 Å². The molecule has 29 heavy (non-hydrogen) atoms. The minimum absolute atomic E-state index is 0.0180. The normalized spacial score (nSPS) is 11.5. The zero-order valence-electron chi connectivity index (χ0n) is 15.4. The van der Waals surface area contributed by atoms with Crippen LogP contribution < -0.4 is 10.1 Å². The van der Waals surface area contributed by atoms with E-state index in [1.807, 2.05) is 12.1 Å². The Balaban J connectivity index is 1.50. The van der Waals surface area contributed by atoms with E-state index in [0.717, 1.165) is 5.56 Å². The molecular formula is C21H19N3O5. The van der Waals surface area contributed by atoms with Gasteiger partial charge in [0.15, 0.2) is 0 Å². The van der Waals surface area contributed by atoms with Crippen LogP contribution in [0.4, 0.5) is 5.69 Å². The van der Waals surface area contributed by atoms with Gasteiger partial charge in [0, 0.05) is 42.2 Å². The molecule has 1 amide bonds. The number of hydrogen-bond donors (Lipinski definition) is 2. The van der Waals surface area contributed by atoms with Crippen molar-refractivity contribution in [1.82, 2.24) is 10.3 Å². The fourth-order valence-electron chi connectivity index (χ4n) is 2.58. The molecule has 8 heteroatoms.